The fourth-order valence-electron chi connectivity index (χ4n) is 2.99. The van der Waals surface area contributed by atoms with Crippen LogP contribution in [0.1, 0.15) is 42.9 Å². The summed E-state index contributed by atoms with van der Waals surface area (Å²) in [6, 6.07) is 15.1. The lowest BCUT2D eigenvalue weighted by atomic mass is 10.0. The first-order valence-electron chi connectivity index (χ1n) is 7.74. The molecule has 21 heavy (non-hydrogen) atoms. The number of unbranched alkanes of at least 4 members (excludes halogenated alkanes) is 1. The van der Waals surface area contributed by atoms with Crippen molar-refractivity contribution in [3.63, 3.8) is 0 Å². The highest BCUT2D eigenvalue weighted by atomic mass is 35.5. The van der Waals surface area contributed by atoms with Gasteiger partial charge in [-0.1, -0.05) is 67.4 Å². The average molecular weight is 301 g/mol. The maximum Gasteiger partial charge on any atom is 0.131 e. The SMILES string of the molecule is CCCCC(Cl)OCc1cccc2c1Cc1ccccc1-2. The van der Waals surface area contributed by atoms with Gasteiger partial charge >= 0.3 is 0 Å². The third-order valence-corrected chi connectivity index (χ3v) is 4.50. The summed E-state index contributed by atoms with van der Waals surface area (Å²) in [5, 5.41) is 0. The van der Waals surface area contributed by atoms with Gasteiger partial charge in [0.25, 0.3) is 0 Å². The van der Waals surface area contributed by atoms with Crippen molar-refractivity contribution in [1.29, 1.82) is 0 Å². The molecule has 0 amide bonds. The second kappa shape index (κ2) is 6.64. The predicted octanol–water partition coefficient (Wildman–Crippen LogP) is 5.53. The first kappa shape index (κ1) is 14.6. The van der Waals surface area contributed by atoms with E-state index in [1.165, 1.54) is 27.8 Å². The van der Waals surface area contributed by atoms with Crippen LogP contribution in [0.5, 0.6) is 0 Å². The molecule has 0 spiro atoms. The Hall–Kier alpha value is -1.31. The van der Waals surface area contributed by atoms with Gasteiger partial charge in [-0.3, -0.25) is 0 Å². The molecule has 1 aliphatic carbocycles. The number of fused-ring (bicyclic) bond motifs is 3. The van der Waals surface area contributed by atoms with Gasteiger partial charge in [0.15, 0.2) is 0 Å². The van der Waals surface area contributed by atoms with E-state index >= 15 is 0 Å². The van der Waals surface area contributed by atoms with Gasteiger partial charge in [-0.15, -0.1) is 0 Å². The molecular formula is C19H21ClO. The topological polar surface area (TPSA) is 9.23 Å². The third-order valence-electron chi connectivity index (χ3n) is 4.15. The number of benzene rings is 2. The number of rotatable bonds is 6. The highest BCUT2D eigenvalue weighted by Crippen LogP contribution is 2.38. The van der Waals surface area contributed by atoms with Gasteiger partial charge in [0, 0.05) is 0 Å². The Bertz CT molecular complexity index is 621. The van der Waals surface area contributed by atoms with Crippen molar-refractivity contribution in [2.24, 2.45) is 0 Å². The van der Waals surface area contributed by atoms with E-state index in [0.717, 1.165) is 25.7 Å². The summed E-state index contributed by atoms with van der Waals surface area (Å²) in [4.78, 5) is 0. The van der Waals surface area contributed by atoms with Crippen LogP contribution in [0.25, 0.3) is 11.1 Å². The molecule has 2 aromatic rings. The van der Waals surface area contributed by atoms with Gasteiger partial charge in [0.1, 0.15) is 5.56 Å². The van der Waals surface area contributed by atoms with Crippen LogP contribution in [0.2, 0.25) is 0 Å². The molecule has 0 saturated carbocycles. The molecule has 0 radical (unpaired) electrons. The Morgan fingerprint density at radius 3 is 2.76 bits per heavy atom. The molecule has 2 heteroatoms. The molecule has 0 saturated heterocycles. The summed E-state index contributed by atoms with van der Waals surface area (Å²) in [7, 11) is 0. The van der Waals surface area contributed by atoms with Crippen molar-refractivity contribution >= 4 is 11.6 Å². The van der Waals surface area contributed by atoms with Crippen molar-refractivity contribution in [2.45, 2.75) is 44.8 Å². The Morgan fingerprint density at radius 1 is 1.10 bits per heavy atom. The van der Waals surface area contributed by atoms with Gasteiger partial charge in [-0.25, -0.2) is 0 Å². The molecule has 0 bridgehead atoms. The molecule has 1 aliphatic rings. The number of halogens is 1. The summed E-state index contributed by atoms with van der Waals surface area (Å²) >= 11 is 6.23. The van der Waals surface area contributed by atoms with E-state index in [4.69, 9.17) is 16.3 Å². The van der Waals surface area contributed by atoms with E-state index in [2.05, 4.69) is 49.4 Å². The molecular weight excluding hydrogens is 280 g/mol. The summed E-state index contributed by atoms with van der Waals surface area (Å²) < 4.78 is 5.82. The van der Waals surface area contributed by atoms with Crippen LogP contribution >= 0.6 is 11.6 Å². The minimum absolute atomic E-state index is 0.176. The molecule has 1 nitrogen and oxygen atoms in total. The van der Waals surface area contributed by atoms with Crippen molar-refractivity contribution in [2.75, 3.05) is 0 Å². The van der Waals surface area contributed by atoms with Crippen LogP contribution in [0.4, 0.5) is 0 Å². The van der Waals surface area contributed by atoms with E-state index in [-0.39, 0.29) is 5.56 Å². The quantitative estimate of drug-likeness (QED) is 0.544. The molecule has 3 rings (SSSR count). The zero-order valence-corrected chi connectivity index (χ0v) is 13.2. The smallest absolute Gasteiger partial charge is 0.131 e. The molecule has 2 aromatic carbocycles. The maximum absolute atomic E-state index is 6.23. The van der Waals surface area contributed by atoms with Crippen molar-refractivity contribution in [3.05, 3.63) is 59.2 Å². The molecule has 0 N–H and O–H groups in total. The monoisotopic (exact) mass is 300 g/mol. The lowest BCUT2D eigenvalue weighted by Crippen LogP contribution is -2.06. The highest BCUT2D eigenvalue weighted by molar-refractivity contribution is 6.19. The molecule has 0 aromatic heterocycles. The Balaban J connectivity index is 1.74. The van der Waals surface area contributed by atoms with Gasteiger partial charge < -0.3 is 4.74 Å². The van der Waals surface area contributed by atoms with Crippen molar-refractivity contribution in [3.8, 4) is 11.1 Å². The Morgan fingerprint density at radius 2 is 1.90 bits per heavy atom. The maximum atomic E-state index is 6.23. The number of alkyl halides is 1. The Kier molecular flexibility index (Phi) is 4.62. The first-order chi connectivity index (χ1) is 10.3. The van der Waals surface area contributed by atoms with Crippen LogP contribution in [0.3, 0.4) is 0 Å². The summed E-state index contributed by atoms with van der Waals surface area (Å²) in [5.41, 5.74) is 6.62. The van der Waals surface area contributed by atoms with Crippen molar-refractivity contribution < 1.29 is 4.74 Å². The average Bonchev–Trinajstić information content (AvgIpc) is 2.90. The lowest BCUT2D eigenvalue weighted by Gasteiger charge is -2.13. The first-order valence-corrected chi connectivity index (χ1v) is 8.18. The lowest BCUT2D eigenvalue weighted by molar-refractivity contribution is 0.0868. The molecule has 0 fully saturated rings. The number of hydrogen-bond donors (Lipinski definition) is 0. The van der Waals surface area contributed by atoms with Gasteiger partial charge in [0.05, 0.1) is 6.61 Å². The zero-order chi connectivity index (χ0) is 14.7. The van der Waals surface area contributed by atoms with Gasteiger partial charge in [-0.2, -0.15) is 0 Å². The third kappa shape index (κ3) is 3.14. The number of ether oxygens (including phenoxy) is 1. The minimum Gasteiger partial charge on any atom is -0.358 e. The summed E-state index contributed by atoms with van der Waals surface area (Å²) in [6.45, 7) is 2.78. The van der Waals surface area contributed by atoms with Crippen LogP contribution in [0.15, 0.2) is 42.5 Å². The molecule has 0 heterocycles. The summed E-state index contributed by atoms with van der Waals surface area (Å²) in [5.74, 6) is 0. The van der Waals surface area contributed by atoms with Crippen LogP contribution in [-0.2, 0) is 17.8 Å². The highest BCUT2D eigenvalue weighted by Gasteiger charge is 2.20. The van der Waals surface area contributed by atoms with Gasteiger partial charge in [-0.05, 0) is 47.1 Å². The van der Waals surface area contributed by atoms with Crippen molar-refractivity contribution in [1.82, 2.24) is 0 Å². The predicted molar refractivity (Wildman–Crippen MR) is 88.6 cm³/mol. The fraction of sp³-hybridized carbons (Fsp3) is 0.368. The van der Waals surface area contributed by atoms with Crippen LogP contribution < -0.4 is 0 Å². The van der Waals surface area contributed by atoms with Gasteiger partial charge in [0.2, 0.25) is 0 Å². The van der Waals surface area contributed by atoms with E-state index < -0.39 is 0 Å². The van der Waals surface area contributed by atoms with E-state index in [1.54, 1.807) is 0 Å². The number of hydrogen-bond acceptors (Lipinski definition) is 1. The largest absolute Gasteiger partial charge is 0.358 e. The van der Waals surface area contributed by atoms with E-state index in [9.17, 15) is 0 Å². The second-order valence-electron chi connectivity index (χ2n) is 5.64. The van der Waals surface area contributed by atoms with Crippen LogP contribution in [-0.4, -0.2) is 5.56 Å². The zero-order valence-electron chi connectivity index (χ0n) is 12.4. The standard InChI is InChI=1S/C19H21ClO/c1-2-3-11-19(20)21-13-15-8-6-10-17-16-9-5-4-7-14(16)12-18(15)17/h4-10,19H,2-3,11-13H2,1H3. The Labute approximate surface area is 131 Å². The summed E-state index contributed by atoms with van der Waals surface area (Å²) in [6.07, 6.45) is 4.20. The molecule has 110 valence electrons. The molecule has 0 aliphatic heterocycles. The molecule has 1 atom stereocenters. The minimum atomic E-state index is -0.176. The normalized spacial score (nSPS) is 13.8. The van der Waals surface area contributed by atoms with E-state index in [0.29, 0.717) is 6.61 Å². The fourth-order valence-corrected chi connectivity index (χ4v) is 3.20. The van der Waals surface area contributed by atoms with Crippen LogP contribution in [0, 0.1) is 0 Å². The molecule has 1 unspecified atom stereocenters. The van der Waals surface area contributed by atoms with E-state index in [1.807, 2.05) is 0 Å². The second-order valence-corrected chi connectivity index (χ2v) is 6.13.